The molecule has 8 heteroatoms. The van der Waals surface area contributed by atoms with Crippen LogP contribution in [0.4, 0.5) is 16.2 Å². The molecule has 0 spiro atoms. The molecular formula is C21H21N5O3. The lowest BCUT2D eigenvalue weighted by Gasteiger charge is -2.11. The SMILES string of the molecule is NNc1ccccc1NC(=O)c1ccc(CNC(=O)OCc2cccnc2)cc1. The first-order valence-corrected chi connectivity index (χ1v) is 8.91. The second-order valence-electron chi connectivity index (χ2n) is 6.13. The molecule has 0 radical (unpaired) electrons. The molecule has 0 saturated heterocycles. The van der Waals surface area contributed by atoms with Gasteiger partial charge in [-0.3, -0.25) is 15.6 Å². The monoisotopic (exact) mass is 391 g/mol. The number of alkyl carbamates (subject to hydrolysis) is 1. The minimum Gasteiger partial charge on any atom is -0.445 e. The van der Waals surface area contributed by atoms with Crippen LogP contribution in [0.25, 0.3) is 0 Å². The first kappa shape index (κ1) is 19.8. The van der Waals surface area contributed by atoms with E-state index in [-0.39, 0.29) is 19.1 Å². The zero-order chi connectivity index (χ0) is 20.5. The van der Waals surface area contributed by atoms with E-state index in [1.54, 1.807) is 60.9 Å². The van der Waals surface area contributed by atoms with E-state index in [1.165, 1.54) is 0 Å². The van der Waals surface area contributed by atoms with Gasteiger partial charge in [0, 0.05) is 30.1 Å². The van der Waals surface area contributed by atoms with E-state index >= 15 is 0 Å². The maximum Gasteiger partial charge on any atom is 0.407 e. The number of nitrogen functional groups attached to an aromatic ring is 1. The van der Waals surface area contributed by atoms with E-state index < -0.39 is 6.09 Å². The van der Waals surface area contributed by atoms with Gasteiger partial charge in [0.1, 0.15) is 6.61 Å². The van der Waals surface area contributed by atoms with E-state index in [4.69, 9.17) is 10.6 Å². The molecule has 3 aromatic rings. The van der Waals surface area contributed by atoms with Crippen LogP contribution in [0, 0.1) is 0 Å². The molecule has 0 saturated carbocycles. The minimum atomic E-state index is -0.526. The summed E-state index contributed by atoms with van der Waals surface area (Å²) >= 11 is 0. The molecule has 2 amide bonds. The van der Waals surface area contributed by atoms with Gasteiger partial charge in [0.05, 0.1) is 11.4 Å². The number of amides is 2. The number of rotatable bonds is 7. The zero-order valence-corrected chi connectivity index (χ0v) is 15.6. The highest BCUT2D eigenvalue weighted by molar-refractivity contribution is 6.05. The molecule has 29 heavy (non-hydrogen) atoms. The third-order valence-electron chi connectivity index (χ3n) is 4.08. The van der Waals surface area contributed by atoms with E-state index in [2.05, 4.69) is 21.0 Å². The number of aromatic nitrogens is 1. The molecule has 5 N–H and O–H groups in total. The molecule has 0 atom stereocenters. The number of hydrogen-bond acceptors (Lipinski definition) is 6. The van der Waals surface area contributed by atoms with Crippen molar-refractivity contribution < 1.29 is 14.3 Å². The summed E-state index contributed by atoms with van der Waals surface area (Å²) in [6.07, 6.45) is 2.77. The molecule has 2 aromatic carbocycles. The van der Waals surface area contributed by atoms with E-state index in [0.717, 1.165) is 11.1 Å². The maximum atomic E-state index is 12.4. The molecule has 148 valence electrons. The van der Waals surface area contributed by atoms with Crippen LogP contribution >= 0.6 is 0 Å². The minimum absolute atomic E-state index is 0.151. The summed E-state index contributed by atoms with van der Waals surface area (Å²) in [4.78, 5) is 28.2. The Hall–Kier alpha value is -3.91. The summed E-state index contributed by atoms with van der Waals surface area (Å²) in [5.41, 5.74) is 5.87. The summed E-state index contributed by atoms with van der Waals surface area (Å²) in [5, 5.41) is 5.47. The lowest BCUT2D eigenvalue weighted by Crippen LogP contribution is -2.23. The highest BCUT2D eigenvalue weighted by Crippen LogP contribution is 2.20. The van der Waals surface area contributed by atoms with Gasteiger partial charge < -0.3 is 20.8 Å². The van der Waals surface area contributed by atoms with Crippen LogP contribution in [0.1, 0.15) is 21.5 Å². The van der Waals surface area contributed by atoms with Gasteiger partial charge in [-0.15, -0.1) is 0 Å². The van der Waals surface area contributed by atoms with E-state index in [1.807, 2.05) is 12.1 Å². The van der Waals surface area contributed by atoms with Crippen LogP contribution in [0.5, 0.6) is 0 Å². The fourth-order valence-electron chi connectivity index (χ4n) is 2.54. The Balaban J connectivity index is 1.49. The van der Waals surface area contributed by atoms with Crippen LogP contribution in [0.3, 0.4) is 0 Å². The number of ether oxygens (including phenoxy) is 1. The summed E-state index contributed by atoms with van der Waals surface area (Å²) in [6, 6.07) is 17.6. The lowest BCUT2D eigenvalue weighted by atomic mass is 10.1. The summed E-state index contributed by atoms with van der Waals surface area (Å²) < 4.78 is 5.13. The van der Waals surface area contributed by atoms with E-state index in [0.29, 0.717) is 16.9 Å². The van der Waals surface area contributed by atoms with Gasteiger partial charge in [0.25, 0.3) is 5.91 Å². The predicted molar refractivity (Wildman–Crippen MR) is 110 cm³/mol. The van der Waals surface area contributed by atoms with Gasteiger partial charge in [0.15, 0.2) is 0 Å². The average Bonchev–Trinajstić information content (AvgIpc) is 2.77. The molecular weight excluding hydrogens is 370 g/mol. The fraction of sp³-hybridized carbons (Fsp3) is 0.0952. The summed E-state index contributed by atoms with van der Waals surface area (Å²) in [5.74, 6) is 5.19. The number of nitrogens with zero attached hydrogens (tertiary/aromatic N) is 1. The van der Waals surface area contributed by atoms with Crippen LogP contribution in [-0.4, -0.2) is 17.0 Å². The van der Waals surface area contributed by atoms with Gasteiger partial charge >= 0.3 is 6.09 Å². The Kier molecular flexibility index (Phi) is 6.75. The molecule has 1 heterocycles. The number of para-hydroxylation sites is 2. The molecule has 0 aliphatic carbocycles. The van der Waals surface area contributed by atoms with Gasteiger partial charge in [-0.05, 0) is 35.9 Å². The predicted octanol–water partition coefficient (Wildman–Crippen LogP) is 3.05. The summed E-state index contributed by atoms with van der Waals surface area (Å²) in [7, 11) is 0. The number of carbonyl (C=O) groups is 2. The van der Waals surface area contributed by atoms with Gasteiger partial charge in [0.2, 0.25) is 0 Å². The first-order valence-electron chi connectivity index (χ1n) is 8.91. The largest absolute Gasteiger partial charge is 0.445 e. The van der Waals surface area contributed by atoms with Crippen molar-refractivity contribution in [3.05, 3.63) is 89.7 Å². The van der Waals surface area contributed by atoms with Crippen molar-refractivity contribution in [3.8, 4) is 0 Å². The molecule has 3 rings (SSSR count). The molecule has 0 unspecified atom stereocenters. The van der Waals surface area contributed by atoms with Crippen LogP contribution in [-0.2, 0) is 17.9 Å². The first-order chi connectivity index (χ1) is 14.2. The zero-order valence-electron chi connectivity index (χ0n) is 15.6. The van der Waals surface area contributed by atoms with Crippen LogP contribution < -0.4 is 21.9 Å². The van der Waals surface area contributed by atoms with Crippen molar-refractivity contribution in [2.75, 3.05) is 10.7 Å². The third-order valence-corrected chi connectivity index (χ3v) is 4.08. The van der Waals surface area contributed by atoms with Crippen molar-refractivity contribution in [2.45, 2.75) is 13.2 Å². The Morgan fingerprint density at radius 1 is 0.931 bits per heavy atom. The highest BCUT2D eigenvalue weighted by atomic mass is 16.5. The Bertz CT molecular complexity index is 962. The van der Waals surface area contributed by atoms with Crippen LogP contribution in [0.2, 0.25) is 0 Å². The number of hydrogen-bond donors (Lipinski definition) is 4. The second kappa shape index (κ2) is 9.86. The molecule has 0 fully saturated rings. The van der Waals surface area contributed by atoms with Crippen LogP contribution in [0.15, 0.2) is 73.1 Å². The number of hydrazine groups is 1. The molecule has 0 bridgehead atoms. The molecule has 0 aliphatic rings. The van der Waals surface area contributed by atoms with Crippen molar-refractivity contribution in [2.24, 2.45) is 5.84 Å². The fourth-order valence-corrected chi connectivity index (χ4v) is 2.54. The topological polar surface area (TPSA) is 118 Å². The average molecular weight is 391 g/mol. The number of nitrogens with one attached hydrogen (secondary N) is 3. The third kappa shape index (κ3) is 5.78. The highest BCUT2D eigenvalue weighted by Gasteiger charge is 2.09. The van der Waals surface area contributed by atoms with Crippen molar-refractivity contribution in [1.82, 2.24) is 10.3 Å². The Morgan fingerprint density at radius 3 is 2.38 bits per heavy atom. The number of nitrogens with two attached hydrogens (primary N) is 1. The van der Waals surface area contributed by atoms with Crippen molar-refractivity contribution in [3.63, 3.8) is 0 Å². The Morgan fingerprint density at radius 2 is 1.69 bits per heavy atom. The number of anilines is 2. The van der Waals surface area contributed by atoms with Gasteiger partial charge in [-0.25, -0.2) is 4.79 Å². The van der Waals surface area contributed by atoms with Gasteiger partial charge in [-0.2, -0.15) is 0 Å². The smallest absolute Gasteiger partial charge is 0.407 e. The second-order valence-corrected chi connectivity index (χ2v) is 6.13. The molecule has 0 aliphatic heterocycles. The molecule has 1 aromatic heterocycles. The van der Waals surface area contributed by atoms with E-state index in [9.17, 15) is 9.59 Å². The standard InChI is InChI=1S/C21H21N5O3/c22-26-19-6-2-1-5-18(19)25-20(27)17-9-7-15(8-10-17)13-24-21(28)29-14-16-4-3-11-23-12-16/h1-12,26H,13-14,22H2,(H,24,28)(H,25,27). The number of pyridine rings is 1. The van der Waals surface area contributed by atoms with Crippen molar-refractivity contribution in [1.29, 1.82) is 0 Å². The lowest BCUT2D eigenvalue weighted by molar-refractivity contribution is 0.102. The molecule has 8 nitrogen and oxygen atoms in total. The Labute approximate surface area is 168 Å². The number of benzene rings is 2. The quantitative estimate of drug-likeness (QED) is 0.363. The maximum absolute atomic E-state index is 12.4. The van der Waals surface area contributed by atoms with Crippen molar-refractivity contribution >= 4 is 23.4 Å². The normalized spacial score (nSPS) is 10.1. The number of carbonyl (C=O) groups excluding carboxylic acids is 2. The summed E-state index contributed by atoms with van der Waals surface area (Å²) in [6.45, 7) is 0.436. The van der Waals surface area contributed by atoms with Gasteiger partial charge in [-0.1, -0.05) is 30.3 Å².